The summed E-state index contributed by atoms with van der Waals surface area (Å²) in [4.78, 5) is 27.5. The molecular formula is C31H40BrF2N3O6S. The summed E-state index contributed by atoms with van der Waals surface area (Å²) < 4.78 is 73.0. The van der Waals surface area contributed by atoms with E-state index < -0.39 is 57.2 Å². The Hall–Kier alpha value is -2.77. The van der Waals surface area contributed by atoms with Crippen LogP contribution in [0, 0.1) is 0 Å². The quantitative estimate of drug-likeness (QED) is 0.274. The summed E-state index contributed by atoms with van der Waals surface area (Å²) in [6.07, 6.45) is 2.94. The van der Waals surface area contributed by atoms with Crippen LogP contribution in [0.1, 0.15) is 71.8 Å². The number of sulfonamides is 1. The lowest BCUT2D eigenvalue weighted by molar-refractivity contribution is -0.149. The Morgan fingerprint density at radius 3 is 2.16 bits per heavy atom. The predicted octanol–water partition coefficient (Wildman–Crippen LogP) is 6.11. The smallest absolute Gasteiger partial charge is 0.407 e. The molecule has 0 spiro atoms. The number of hydrogen-bond donors (Lipinski definition) is 2. The highest BCUT2D eigenvalue weighted by Crippen LogP contribution is 2.40. The van der Waals surface area contributed by atoms with Gasteiger partial charge in [0.25, 0.3) is 5.92 Å². The van der Waals surface area contributed by atoms with Gasteiger partial charge in [0.2, 0.25) is 15.9 Å². The second-order valence-electron chi connectivity index (χ2n) is 12.3. The molecule has 9 nitrogen and oxygen atoms in total. The fraction of sp³-hybridized carbons (Fsp3) is 0.548. The van der Waals surface area contributed by atoms with E-state index in [0.29, 0.717) is 42.5 Å². The van der Waals surface area contributed by atoms with Gasteiger partial charge in [-0.2, -0.15) is 13.5 Å². The number of alkyl carbamates (subject to hydrolysis) is 1. The van der Waals surface area contributed by atoms with Crippen LogP contribution in [-0.2, 0) is 25.5 Å². The number of unbranched alkanes of at least 4 members (excludes halogenated alkanes) is 1. The van der Waals surface area contributed by atoms with Crippen LogP contribution in [0.5, 0.6) is 5.75 Å². The molecule has 0 saturated carbocycles. The first kappa shape index (κ1) is 34.1. The first-order valence-corrected chi connectivity index (χ1v) is 17.1. The normalized spacial score (nSPS) is 21.1. The number of nitrogens with one attached hydrogen (secondary N) is 2. The Morgan fingerprint density at radius 2 is 1.61 bits per heavy atom. The van der Waals surface area contributed by atoms with E-state index in [-0.39, 0.29) is 10.9 Å². The van der Waals surface area contributed by atoms with E-state index in [9.17, 15) is 18.0 Å². The average Bonchev–Trinajstić information content (AvgIpc) is 3.21. The number of amides is 2. The van der Waals surface area contributed by atoms with Gasteiger partial charge in [-0.1, -0.05) is 41.4 Å². The SMILES string of the molecule is CCCCOc1ccc(S(=O)(=O)NC(C(=O)N2C3CCC2CC(NC(=O)OC(C)(C)C)C3)C(F)(F)c2ccc(Br)cc2)cc1. The summed E-state index contributed by atoms with van der Waals surface area (Å²) in [5.74, 6) is -4.45. The number of nitrogens with zero attached hydrogens (tertiary/aromatic N) is 1. The molecule has 2 heterocycles. The second kappa shape index (κ2) is 13.7. The summed E-state index contributed by atoms with van der Waals surface area (Å²) in [5, 5.41) is 2.83. The number of hydrogen-bond acceptors (Lipinski definition) is 6. The molecule has 3 atom stereocenters. The third-order valence-corrected chi connectivity index (χ3v) is 9.69. The van der Waals surface area contributed by atoms with Gasteiger partial charge in [0, 0.05) is 28.2 Å². The van der Waals surface area contributed by atoms with Crippen molar-refractivity contribution < 1.29 is 36.3 Å². The first-order chi connectivity index (χ1) is 20.6. The zero-order valence-electron chi connectivity index (χ0n) is 25.3. The number of rotatable bonds is 11. The third kappa shape index (κ3) is 8.28. The van der Waals surface area contributed by atoms with Crippen molar-refractivity contribution in [2.24, 2.45) is 0 Å². The number of carbonyl (C=O) groups excluding carboxylic acids is 2. The summed E-state index contributed by atoms with van der Waals surface area (Å²) in [5.41, 5.74) is -1.19. The number of halogens is 3. The molecule has 242 valence electrons. The Kier molecular flexibility index (Phi) is 10.6. The van der Waals surface area contributed by atoms with E-state index in [4.69, 9.17) is 9.47 Å². The van der Waals surface area contributed by atoms with E-state index in [1.807, 2.05) is 6.92 Å². The van der Waals surface area contributed by atoms with Gasteiger partial charge in [-0.15, -0.1) is 0 Å². The summed E-state index contributed by atoms with van der Waals surface area (Å²) >= 11 is 3.23. The molecule has 2 aromatic rings. The molecule has 0 aromatic heterocycles. The fourth-order valence-corrected chi connectivity index (χ4v) is 7.12. The molecule has 2 aliphatic rings. The molecule has 0 radical (unpaired) electrons. The van der Waals surface area contributed by atoms with Gasteiger partial charge in [0.1, 0.15) is 11.4 Å². The molecule has 0 aliphatic carbocycles. The highest BCUT2D eigenvalue weighted by atomic mass is 79.9. The zero-order chi connectivity index (χ0) is 32.3. The highest BCUT2D eigenvalue weighted by Gasteiger charge is 2.54. The van der Waals surface area contributed by atoms with E-state index >= 15 is 8.78 Å². The lowest BCUT2D eigenvalue weighted by Crippen LogP contribution is -2.61. The van der Waals surface area contributed by atoms with Crippen molar-refractivity contribution in [2.75, 3.05) is 6.61 Å². The largest absolute Gasteiger partial charge is 0.494 e. The lowest BCUT2D eigenvalue weighted by Gasteiger charge is -2.42. The molecule has 2 aromatic carbocycles. The van der Waals surface area contributed by atoms with Crippen molar-refractivity contribution in [1.82, 2.24) is 14.9 Å². The summed E-state index contributed by atoms with van der Waals surface area (Å²) in [6, 6.07) is 6.96. The summed E-state index contributed by atoms with van der Waals surface area (Å²) in [7, 11) is -4.56. The Bertz CT molecular complexity index is 1400. The Morgan fingerprint density at radius 1 is 1.02 bits per heavy atom. The van der Waals surface area contributed by atoms with Gasteiger partial charge in [-0.05, 0) is 89.3 Å². The topological polar surface area (TPSA) is 114 Å². The van der Waals surface area contributed by atoms with E-state index in [0.717, 1.165) is 25.0 Å². The lowest BCUT2D eigenvalue weighted by atomic mass is 9.94. The van der Waals surface area contributed by atoms with Crippen LogP contribution in [0.3, 0.4) is 0 Å². The van der Waals surface area contributed by atoms with Gasteiger partial charge in [0.05, 0.1) is 11.5 Å². The van der Waals surface area contributed by atoms with Gasteiger partial charge in [-0.25, -0.2) is 13.2 Å². The number of ether oxygens (including phenoxy) is 2. The minimum Gasteiger partial charge on any atom is -0.494 e. The monoisotopic (exact) mass is 699 g/mol. The maximum Gasteiger partial charge on any atom is 0.407 e. The van der Waals surface area contributed by atoms with Crippen molar-refractivity contribution in [3.05, 3.63) is 58.6 Å². The molecule has 2 fully saturated rings. The van der Waals surface area contributed by atoms with Crippen LogP contribution in [-0.4, -0.2) is 61.7 Å². The van der Waals surface area contributed by atoms with Crippen LogP contribution >= 0.6 is 15.9 Å². The molecule has 2 aliphatic heterocycles. The molecule has 13 heteroatoms. The molecule has 44 heavy (non-hydrogen) atoms. The minimum absolute atomic E-state index is 0.270. The molecular weight excluding hydrogens is 660 g/mol. The number of benzene rings is 2. The highest BCUT2D eigenvalue weighted by molar-refractivity contribution is 9.10. The minimum atomic E-state index is -4.56. The fourth-order valence-electron chi connectivity index (χ4n) is 5.67. The number of carbonyl (C=O) groups is 2. The van der Waals surface area contributed by atoms with E-state index in [1.54, 1.807) is 20.8 Å². The third-order valence-electron chi connectivity index (χ3n) is 7.72. The van der Waals surface area contributed by atoms with Crippen molar-refractivity contribution in [3.63, 3.8) is 0 Å². The van der Waals surface area contributed by atoms with Crippen molar-refractivity contribution in [3.8, 4) is 5.75 Å². The van der Waals surface area contributed by atoms with Crippen molar-refractivity contribution in [1.29, 1.82) is 0 Å². The van der Waals surface area contributed by atoms with Gasteiger partial charge in [-0.3, -0.25) is 4.79 Å². The summed E-state index contributed by atoms with van der Waals surface area (Å²) in [6.45, 7) is 7.73. The molecule has 3 unspecified atom stereocenters. The Labute approximate surface area is 266 Å². The number of piperidine rings is 1. The maximum atomic E-state index is 16.2. The van der Waals surface area contributed by atoms with E-state index in [1.165, 1.54) is 41.3 Å². The molecule has 4 rings (SSSR count). The van der Waals surface area contributed by atoms with Crippen molar-refractivity contribution >= 4 is 38.0 Å². The Balaban J connectivity index is 1.59. The van der Waals surface area contributed by atoms with Gasteiger partial charge in [0.15, 0.2) is 6.04 Å². The van der Waals surface area contributed by atoms with Crippen LogP contribution in [0.2, 0.25) is 0 Å². The van der Waals surface area contributed by atoms with Crippen LogP contribution in [0.25, 0.3) is 0 Å². The predicted molar refractivity (Wildman–Crippen MR) is 165 cm³/mol. The van der Waals surface area contributed by atoms with Crippen molar-refractivity contribution in [2.45, 2.75) is 107 Å². The zero-order valence-corrected chi connectivity index (χ0v) is 27.7. The molecule has 2 saturated heterocycles. The van der Waals surface area contributed by atoms with Crippen LogP contribution < -0.4 is 14.8 Å². The molecule has 2 amide bonds. The van der Waals surface area contributed by atoms with E-state index in [2.05, 4.69) is 26.0 Å². The van der Waals surface area contributed by atoms with Crippen LogP contribution in [0.15, 0.2) is 57.9 Å². The standard InChI is InChI=1S/C31H40BrF2N3O6S/c1-5-6-17-42-25-13-15-26(16-14-25)44(40,41)36-27(31(33,34)20-7-9-21(32)10-8-20)28(38)37-23-11-12-24(37)19-22(18-23)35-29(39)43-30(2,3)4/h7-10,13-16,22-24,27,36H,5-6,11-12,17-19H2,1-4H3,(H,35,39). The maximum absolute atomic E-state index is 16.2. The van der Waals surface area contributed by atoms with Crippen LogP contribution in [0.4, 0.5) is 13.6 Å². The molecule has 2 N–H and O–H groups in total. The number of alkyl halides is 2. The molecule has 2 bridgehead atoms. The average molecular weight is 701 g/mol. The van der Waals surface area contributed by atoms with Gasteiger partial charge >= 0.3 is 6.09 Å². The van der Waals surface area contributed by atoms with Gasteiger partial charge < -0.3 is 19.7 Å². The first-order valence-electron chi connectivity index (χ1n) is 14.8. The second-order valence-corrected chi connectivity index (χ2v) is 14.9. The number of fused-ring (bicyclic) bond motifs is 2.